The molecule has 3 heterocycles. The van der Waals surface area contributed by atoms with Gasteiger partial charge in [-0.2, -0.15) is 0 Å². The lowest BCUT2D eigenvalue weighted by Crippen LogP contribution is -2.53. The fourth-order valence-electron chi connectivity index (χ4n) is 5.02. The number of nitrogens with one attached hydrogen (secondary N) is 1. The number of benzene rings is 1. The molecule has 2 aromatic rings. The van der Waals surface area contributed by atoms with E-state index in [0.29, 0.717) is 24.9 Å². The first-order valence-electron chi connectivity index (χ1n) is 12.3. The predicted molar refractivity (Wildman–Crippen MR) is 136 cm³/mol. The van der Waals surface area contributed by atoms with Gasteiger partial charge in [-0.1, -0.05) is 19.9 Å². The number of aromatic nitrogens is 1. The highest BCUT2D eigenvalue weighted by Gasteiger charge is 2.52. The molecule has 3 atom stereocenters. The van der Waals surface area contributed by atoms with Gasteiger partial charge in [-0.15, -0.1) is 0 Å². The van der Waals surface area contributed by atoms with Crippen molar-refractivity contribution in [2.75, 3.05) is 32.1 Å². The van der Waals surface area contributed by atoms with Crippen LogP contribution >= 0.6 is 0 Å². The number of carbonyl (C=O) groups is 4. The van der Waals surface area contributed by atoms with Crippen molar-refractivity contribution in [2.24, 2.45) is 5.92 Å². The fourth-order valence-corrected chi connectivity index (χ4v) is 5.02. The molecule has 9 nitrogen and oxygen atoms in total. The molecule has 2 aliphatic heterocycles. The second-order valence-electron chi connectivity index (χ2n) is 10.0. The van der Waals surface area contributed by atoms with E-state index in [1.807, 2.05) is 45.0 Å². The fraction of sp³-hybridized carbons (Fsp3) is 0.444. The predicted octanol–water partition coefficient (Wildman–Crippen LogP) is 1.99. The topological polar surface area (TPSA) is 103 Å². The highest BCUT2D eigenvalue weighted by Crippen LogP contribution is 2.31. The van der Waals surface area contributed by atoms with E-state index in [1.54, 1.807) is 41.4 Å². The molecule has 2 fully saturated rings. The van der Waals surface area contributed by atoms with Gasteiger partial charge in [-0.25, -0.2) is 0 Å². The van der Waals surface area contributed by atoms with Gasteiger partial charge in [0.1, 0.15) is 17.8 Å². The van der Waals surface area contributed by atoms with E-state index >= 15 is 0 Å². The number of carbonyl (C=O) groups excluding carboxylic acids is 4. The van der Waals surface area contributed by atoms with Crippen LogP contribution in [0.4, 0.5) is 5.69 Å². The highest BCUT2D eigenvalue weighted by molar-refractivity contribution is 6.03. The molecule has 0 aliphatic carbocycles. The van der Waals surface area contributed by atoms with Gasteiger partial charge in [-0.05, 0) is 55.2 Å². The van der Waals surface area contributed by atoms with Crippen molar-refractivity contribution in [1.82, 2.24) is 20.1 Å². The average Bonchev–Trinajstić information content (AvgIpc) is 3.44. The molecule has 1 aromatic carbocycles. The molecular weight excluding hydrogens is 458 g/mol. The Morgan fingerprint density at radius 2 is 1.81 bits per heavy atom. The number of rotatable bonds is 7. The van der Waals surface area contributed by atoms with E-state index in [2.05, 4.69) is 10.3 Å². The second kappa shape index (κ2) is 10.5. The van der Waals surface area contributed by atoms with Crippen LogP contribution in [0.25, 0.3) is 0 Å². The summed E-state index contributed by atoms with van der Waals surface area (Å²) in [6, 6.07) is 10.4. The Morgan fingerprint density at radius 1 is 1.08 bits per heavy atom. The quantitative estimate of drug-likeness (QED) is 0.636. The minimum Gasteiger partial charge on any atom is -0.378 e. The number of amides is 3. The van der Waals surface area contributed by atoms with Crippen molar-refractivity contribution in [3.05, 3.63) is 59.9 Å². The summed E-state index contributed by atoms with van der Waals surface area (Å²) >= 11 is 0. The molecule has 2 unspecified atom stereocenters. The minimum absolute atomic E-state index is 0.0477. The number of pyridine rings is 1. The maximum atomic E-state index is 13.7. The lowest BCUT2D eigenvalue weighted by molar-refractivity contribution is -0.138. The second-order valence-corrected chi connectivity index (χ2v) is 10.0. The summed E-state index contributed by atoms with van der Waals surface area (Å²) in [7, 11) is 3.84. The van der Waals surface area contributed by atoms with Gasteiger partial charge in [0.25, 0.3) is 11.8 Å². The van der Waals surface area contributed by atoms with Gasteiger partial charge < -0.3 is 20.0 Å². The standard InChI is InChI=1S/C27H33N5O4/c1-17(2)15-21(29-25(34)18-8-10-19(11-9-18)30(3)4)27(36)31-14-12-22-24(31)23(33)16-32(22)26(35)20-7-5-6-13-28-20/h5-11,13,17,21-22,24H,12,14-16H2,1-4H3,(H,29,34)/t21-,22?,24?/m0/s1. The monoisotopic (exact) mass is 491 g/mol. The molecule has 0 saturated carbocycles. The van der Waals surface area contributed by atoms with Gasteiger partial charge in [0.05, 0.1) is 12.6 Å². The van der Waals surface area contributed by atoms with Crippen molar-refractivity contribution < 1.29 is 19.2 Å². The number of likely N-dealkylation sites (tertiary alicyclic amines) is 2. The first-order valence-corrected chi connectivity index (χ1v) is 12.3. The molecule has 4 rings (SSSR count). The van der Waals surface area contributed by atoms with Crippen molar-refractivity contribution in [2.45, 2.75) is 44.8 Å². The van der Waals surface area contributed by atoms with Crippen LogP contribution < -0.4 is 10.2 Å². The van der Waals surface area contributed by atoms with E-state index in [1.165, 1.54) is 4.90 Å². The molecule has 1 N–H and O–H groups in total. The molecule has 3 amide bonds. The lowest BCUT2D eigenvalue weighted by atomic mass is 10.0. The number of nitrogens with zero attached hydrogens (tertiary/aromatic N) is 4. The van der Waals surface area contributed by atoms with E-state index in [-0.39, 0.29) is 47.7 Å². The SMILES string of the molecule is CC(C)C[C@H](NC(=O)c1ccc(N(C)C)cc1)C(=O)N1CCC2C1C(=O)CN2C(=O)c1ccccn1. The Morgan fingerprint density at radius 3 is 2.42 bits per heavy atom. The summed E-state index contributed by atoms with van der Waals surface area (Å²) in [5.74, 6) is -0.937. The van der Waals surface area contributed by atoms with Crippen molar-refractivity contribution in [3.8, 4) is 0 Å². The van der Waals surface area contributed by atoms with Crippen LogP contribution in [0.5, 0.6) is 0 Å². The zero-order chi connectivity index (χ0) is 26.0. The van der Waals surface area contributed by atoms with E-state index < -0.39 is 12.1 Å². The Kier molecular flexibility index (Phi) is 7.37. The molecule has 0 radical (unpaired) electrons. The third-order valence-corrected chi connectivity index (χ3v) is 6.81. The smallest absolute Gasteiger partial charge is 0.273 e. The number of Topliss-reactive ketones (excluding diaryl/α,β-unsaturated/α-hetero) is 1. The summed E-state index contributed by atoms with van der Waals surface area (Å²) in [4.78, 5) is 61.8. The van der Waals surface area contributed by atoms with Crippen molar-refractivity contribution in [3.63, 3.8) is 0 Å². The van der Waals surface area contributed by atoms with Gasteiger partial charge in [0.15, 0.2) is 5.78 Å². The summed E-state index contributed by atoms with van der Waals surface area (Å²) in [6.45, 7) is 4.28. The number of anilines is 1. The van der Waals surface area contributed by atoms with Gasteiger partial charge in [0.2, 0.25) is 5.91 Å². The van der Waals surface area contributed by atoms with Crippen LogP contribution in [0.15, 0.2) is 48.7 Å². The van der Waals surface area contributed by atoms with Gasteiger partial charge >= 0.3 is 0 Å². The van der Waals surface area contributed by atoms with Crippen LogP contribution in [0, 0.1) is 5.92 Å². The first-order chi connectivity index (χ1) is 17.2. The van der Waals surface area contributed by atoms with E-state index in [9.17, 15) is 19.2 Å². The summed E-state index contributed by atoms with van der Waals surface area (Å²) in [5, 5.41) is 2.90. The lowest BCUT2D eigenvalue weighted by Gasteiger charge is -2.29. The molecule has 0 bridgehead atoms. The van der Waals surface area contributed by atoms with Gasteiger partial charge in [-0.3, -0.25) is 24.2 Å². The Hall–Kier alpha value is -3.75. The molecule has 190 valence electrons. The van der Waals surface area contributed by atoms with E-state index in [4.69, 9.17) is 0 Å². The van der Waals surface area contributed by atoms with Gasteiger partial charge in [0, 0.05) is 38.1 Å². The molecule has 2 saturated heterocycles. The Labute approximate surface area is 211 Å². The van der Waals surface area contributed by atoms with Crippen molar-refractivity contribution >= 4 is 29.2 Å². The first kappa shape index (κ1) is 25.3. The summed E-state index contributed by atoms with van der Waals surface area (Å²) in [5.41, 5.74) is 1.71. The Balaban J connectivity index is 1.50. The van der Waals surface area contributed by atoms with E-state index in [0.717, 1.165) is 5.69 Å². The number of hydrogen-bond donors (Lipinski definition) is 1. The third-order valence-electron chi connectivity index (χ3n) is 6.81. The number of hydrogen-bond acceptors (Lipinski definition) is 6. The molecule has 1 aromatic heterocycles. The van der Waals surface area contributed by atoms with Crippen LogP contribution in [0.1, 0.15) is 47.5 Å². The molecule has 36 heavy (non-hydrogen) atoms. The highest BCUT2D eigenvalue weighted by atomic mass is 16.2. The molecular formula is C27H33N5O4. The normalized spacial score (nSPS) is 19.9. The zero-order valence-electron chi connectivity index (χ0n) is 21.2. The van der Waals surface area contributed by atoms with Crippen LogP contribution in [-0.4, -0.2) is 83.6 Å². The average molecular weight is 492 g/mol. The largest absolute Gasteiger partial charge is 0.378 e. The molecule has 2 aliphatic rings. The Bertz CT molecular complexity index is 1130. The molecule has 9 heteroatoms. The number of ketones is 1. The van der Waals surface area contributed by atoms with Crippen LogP contribution in [-0.2, 0) is 9.59 Å². The molecule has 0 spiro atoms. The maximum absolute atomic E-state index is 13.7. The number of fused-ring (bicyclic) bond motifs is 1. The summed E-state index contributed by atoms with van der Waals surface area (Å²) in [6.07, 6.45) is 2.49. The zero-order valence-corrected chi connectivity index (χ0v) is 21.2. The minimum atomic E-state index is -0.766. The summed E-state index contributed by atoms with van der Waals surface area (Å²) < 4.78 is 0. The third kappa shape index (κ3) is 5.10. The van der Waals surface area contributed by atoms with Crippen molar-refractivity contribution in [1.29, 1.82) is 0 Å². The van der Waals surface area contributed by atoms with Crippen LogP contribution in [0.3, 0.4) is 0 Å². The maximum Gasteiger partial charge on any atom is 0.273 e. The van der Waals surface area contributed by atoms with Crippen LogP contribution in [0.2, 0.25) is 0 Å².